The maximum atomic E-state index is 12.1. The number of carbonyl (C=O) groups excluding carboxylic acids is 1. The maximum absolute atomic E-state index is 12.1. The van der Waals surface area contributed by atoms with E-state index in [1.165, 1.54) is 11.3 Å². The van der Waals surface area contributed by atoms with Gasteiger partial charge in [-0.2, -0.15) is 0 Å². The molecule has 0 spiro atoms. The fourth-order valence-electron chi connectivity index (χ4n) is 2.27. The molecule has 0 fully saturated rings. The van der Waals surface area contributed by atoms with Crippen molar-refractivity contribution < 1.29 is 18.7 Å². The highest BCUT2D eigenvalue weighted by atomic mass is 32.1. The second-order valence-corrected chi connectivity index (χ2v) is 6.04. The molecule has 1 aliphatic heterocycles. The Hall–Kier alpha value is -2.87. The van der Waals surface area contributed by atoms with Gasteiger partial charge in [0, 0.05) is 24.6 Å². The Morgan fingerprint density at radius 3 is 3.00 bits per heavy atom. The first-order chi connectivity index (χ1) is 11.8. The predicted octanol–water partition coefficient (Wildman–Crippen LogP) is 3.10. The minimum atomic E-state index is -0.135. The molecular formula is C16H13N3O4S. The standard InChI is InChI=1S/C16H13N3O4S/c20-14(17-10-3-4-11-12(8-10)22-9-21-11)5-6-15-18-19-16(23-15)13-2-1-7-24-13/h1-4,7-8H,5-6,9H2,(H,17,20). The summed E-state index contributed by atoms with van der Waals surface area (Å²) in [4.78, 5) is 13.0. The molecular weight excluding hydrogens is 330 g/mol. The molecule has 1 amide bonds. The molecule has 7 nitrogen and oxygen atoms in total. The fraction of sp³-hybridized carbons (Fsp3) is 0.188. The third-order valence-corrected chi connectivity index (χ3v) is 4.28. The molecule has 0 radical (unpaired) electrons. The Morgan fingerprint density at radius 1 is 1.21 bits per heavy atom. The first-order valence-electron chi connectivity index (χ1n) is 7.34. The molecule has 1 N–H and O–H groups in total. The highest BCUT2D eigenvalue weighted by molar-refractivity contribution is 7.13. The zero-order chi connectivity index (χ0) is 16.4. The predicted molar refractivity (Wildman–Crippen MR) is 87.1 cm³/mol. The molecule has 0 atom stereocenters. The molecule has 122 valence electrons. The van der Waals surface area contributed by atoms with E-state index in [4.69, 9.17) is 13.9 Å². The molecule has 0 saturated heterocycles. The first-order valence-corrected chi connectivity index (χ1v) is 8.22. The lowest BCUT2D eigenvalue weighted by Crippen LogP contribution is -2.12. The third kappa shape index (κ3) is 3.09. The largest absolute Gasteiger partial charge is 0.454 e. The van der Waals surface area contributed by atoms with E-state index in [-0.39, 0.29) is 19.1 Å². The zero-order valence-corrected chi connectivity index (χ0v) is 13.3. The van der Waals surface area contributed by atoms with Gasteiger partial charge in [-0.3, -0.25) is 4.79 Å². The Balaban J connectivity index is 1.33. The van der Waals surface area contributed by atoms with Gasteiger partial charge in [-0.1, -0.05) is 6.07 Å². The molecule has 24 heavy (non-hydrogen) atoms. The number of thiophene rings is 1. The number of amides is 1. The molecule has 0 unspecified atom stereocenters. The van der Waals surface area contributed by atoms with Crippen molar-refractivity contribution in [3.63, 3.8) is 0 Å². The van der Waals surface area contributed by atoms with Gasteiger partial charge in [-0.05, 0) is 23.6 Å². The summed E-state index contributed by atoms with van der Waals surface area (Å²) >= 11 is 1.53. The van der Waals surface area contributed by atoms with Gasteiger partial charge in [0.15, 0.2) is 11.5 Å². The van der Waals surface area contributed by atoms with E-state index in [0.717, 1.165) is 4.88 Å². The van der Waals surface area contributed by atoms with Crippen LogP contribution in [0.2, 0.25) is 0 Å². The Kier molecular flexibility index (Phi) is 3.87. The van der Waals surface area contributed by atoms with Crippen LogP contribution in [0.25, 0.3) is 10.8 Å². The van der Waals surface area contributed by atoms with Crippen molar-refractivity contribution in [1.29, 1.82) is 0 Å². The van der Waals surface area contributed by atoms with Crippen molar-refractivity contribution in [2.75, 3.05) is 12.1 Å². The molecule has 0 bridgehead atoms. The van der Waals surface area contributed by atoms with E-state index in [1.807, 2.05) is 17.5 Å². The van der Waals surface area contributed by atoms with Gasteiger partial charge in [0.05, 0.1) is 4.88 Å². The Labute approximate surface area is 141 Å². The number of ether oxygens (including phenoxy) is 2. The van der Waals surface area contributed by atoms with E-state index >= 15 is 0 Å². The molecule has 4 rings (SSSR count). The normalized spacial score (nSPS) is 12.3. The van der Waals surface area contributed by atoms with E-state index in [9.17, 15) is 4.79 Å². The molecule has 3 aromatic rings. The van der Waals surface area contributed by atoms with Gasteiger partial charge in [0.1, 0.15) is 0 Å². The van der Waals surface area contributed by atoms with Gasteiger partial charge >= 0.3 is 0 Å². The number of fused-ring (bicyclic) bond motifs is 1. The van der Waals surface area contributed by atoms with Crippen LogP contribution in [0.3, 0.4) is 0 Å². The summed E-state index contributed by atoms with van der Waals surface area (Å²) in [5.74, 6) is 2.10. The second-order valence-electron chi connectivity index (χ2n) is 5.09. The summed E-state index contributed by atoms with van der Waals surface area (Å²) in [7, 11) is 0. The molecule has 3 heterocycles. The van der Waals surface area contributed by atoms with E-state index < -0.39 is 0 Å². The molecule has 0 aliphatic carbocycles. The summed E-state index contributed by atoms with van der Waals surface area (Å²) in [6.07, 6.45) is 0.634. The number of nitrogens with one attached hydrogen (secondary N) is 1. The number of hydrogen-bond acceptors (Lipinski definition) is 7. The number of anilines is 1. The highest BCUT2D eigenvalue weighted by Crippen LogP contribution is 2.34. The van der Waals surface area contributed by atoms with Gasteiger partial charge in [-0.25, -0.2) is 0 Å². The number of nitrogens with zero attached hydrogens (tertiary/aromatic N) is 2. The first kappa shape index (κ1) is 14.7. The number of rotatable bonds is 5. The Morgan fingerprint density at radius 2 is 2.12 bits per heavy atom. The second kappa shape index (κ2) is 6.32. The lowest BCUT2D eigenvalue weighted by atomic mass is 10.2. The van der Waals surface area contributed by atoms with Gasteiger partial charge in [-0.15, -0.1) is 21.5 Å². The van der Waals surface area contributed by atoms with Crippen molar-refractivity contribution in [1.82, 2.24) is 10.2 Å². The number of aryl methyl sites for hydroxylation is 1. The van der Waals surface area contributed by atoms with E-state index in [1.54, 1.807) is 18.2 Å². The van der Waals surface area contributed by atoms with Crippen molar-refractivity contribution >= 4 is 22.9 Å². The smallest absolute Gasteiger partial charge is 0.257 e. The summed E-state index contributed by atoms with van der Waals surface area (Å²) in [6, 6.07) is 9.11. The van der Waals surface area contributed by atoms with E-state index in [0.29, 0.717) is 35.4 Å². The zero-order valence-electron chi connectivity index (χ0n) is 12.5. The van der Waals surface area contributed by atoms with Crippen LogP contribution in [0.1, 0.15) is 12.3 Å². The third-order valence-electron chi connectivity index (χ3n) is 3.42. The maximum Gasteiger partial charge on any atom is 0.257 e. The van der Waals surface area contributed by atoms with Crippen molar-refractivity contribution in [3.8, 4) is 22.3 Å². The lowest BCUT2D eigenvalue weighted by molar-refractivity contribution is -0.116. The van der Waals surface area contributed by atoms with Crippen LogP contribution in [0.4, 0.5) is 5.69 Å². The highest BCUT2D eigenvalue weighted by Gasteiger charge is 2.15. The van der Waals surface area contributed by atoms with Crippen LogP contribution >= 0.6 is 11.3 Å². The molecule has 1 aliphatic rings. The lowest BCUT2D eigenvalue weighted by Gasteiger charge is -2.05. The quantitative estimate of drug-likeness (QED) is 0.766. The number of carbonyl (C=O) groups is 1. The number of aromatic nitrogens is 2. The number of hydrogen-bond donors (Lipinski definition) is 1. The molecule has 1 aromatic carbocycles. The minimum Gasteiger partial charge on any atom is -0.454 e. The van der Waals surface area contributed by atoms with Crippen molar-refractivity contribution in [3.05, 3.63) is 41.6 Å². The average Bonchev–Trinajstić information content (AvgIpc) is 3.32. The van der Waals surface area contributed by atoms with Crippen LogP contribution in [-0.4, -0.2) is 22.9 Å². The van der Waals surface area contributed by atoms with Crippen LogP contribution < -0.4 is 14.8 Å². The summed E-state index contributed by atoms with van der Waals surface area (Å²) in [5.41, 5.74) is 0.661. The minimum absolute atomic E-state index is 0.135. The van der Waals surface area contributed by atoms with Gasteiger partial charge in [0.25, 0.3) is 5.89 Å². The van der Waals surface area contributed by atoms with Crippen LogP contribution in [0, 0.1) is 0 Å². The topological polar surface area (TPSA) is 86.5 Å². The fourth-order valence-corrected chi connectivity index (χ4v) is 2.92. The van der Waals surface area contributed by atoms with Crippen LogP contribution in [-0.2, 0) is 11.2 Å². The summed E-state index contributed by atoms with van der Waals surface area (Å²) in [6.45, 7) is 0.205. The van der Waals surface area contributed by atoms with Crippen molar-refractivity contribution in [2.45, 2.75) is 12.8 Å². The van der Waals surface area contributed by atoms with Gasteiger partial charge < -0.3 is 19.2 Å². The van der Waals surface area contributed by atoms with Crippen LogP contribution in [0.5, 0.6) is 11.5 Å². The number of benzene rings is 1. The van der Waals surface area contributed by atoms with E-state index in [2.05, 4.69) is 15.5 Å². The van der Waals surface area contributed by atoms with Crippen LogP contribution in [0.15, 0.2) is 40.1 Å². The molecule has 8 heteroatoms. The summed E-state index contributed by atoms with van der Waals surface area (Å²) in [5, 5.41) is 12.7. The summed E-state index contributed by atoms with van der Waals surface area (Å²) < 4.78 is 16.1. The average molecular weight is 343 g/mol. The van der Waals surface area contributed by atoms with Crippen molar-refractivity contribution in [2.24, 2.45) is 0 Å². The molecule has 0 saturated carbocycles. The molecule has 2 aromatic heterocycles. The SMILES string of the molecule is O=C(CCc1nnc(-c2cccs2)o1)Nc1ccc2c(c1)OCO2. The Bertz CT molecular complexity index is 860. The monoisotopic (exact) mass is 343 g/mol. The van der Waals surface area contributed by atoms with Gasteiger partial charge in [0.2, 0.25) is 18.6 Å².